The van der Waals surface area contributed by atoms with Gasteiger partial charge in [0.25, 0.3) is 0 Å². The molecule has 9 heteroatoms. The van der Waals surface area contributed by atoms with Crippen molar-refractivity contribution in [1.82, 2.24) is 19.8 Å². The molecule has 0 saturated heterocycles. The van der Waals surface area contributed by atoms with Gasteiger partial charge in [-0.25, -0.2) is 18.1 Å². The molecule has 8 nitrogen and oxygen atoms in total. The molecule has 0 saturated carbocycles. The number of hydrogen-bond acceptors (Lipinski definition) is 7. The second-order valence-electron chi connectivity index (χ2n) is 3.96. The molecule has 0 fully saturated rings. The highest BCUT2D eigenvalue weighted by molar-refractivity contribution is 7.89. The first-order valence-electron chi connectivity index (χ1n) is 6.00. The van der Waals surface area contributed by atoms with Gasteiger partial charge in [-0.1, -0.05) is 5.16 Å². The zero-order chi connectivity index (χ0) is 14.6. The zero-order valence-corrected chi connectivity index (χ0v) is 11.9. The summed E-state index contributed by atoms with van der Waals surface area (Å²) in [5.74, 6) is 1.18. The molecule has 0 unspecified atom stereocenters. The monoisotopic (exact) mass is 297 g/mol. The number of aromatic nitrogens is 3. The quantitative estimate of drug-likeness (QED) is 0.806. The molecule has 108 valence electrons. The molecule has 0 aliphatic heterocycles. The fourth-order valence-corrected chi connectivity index (χ4v) is 2.50. The van der Waals surface area contributed by atoms with Crippen molar-refractivity contribution in [1.29, 1.82) is 0 Å². The van der Waals surface area contributed by atoms with Crippen LogP contribution in [0, 0.1) is 6.92 Å². The van der Waals surface area contributed by atoms with E-state index in [4.69, 9.17) is 4.52 Å². The van der Waals surface area contributed by atoms with E-state index in [-0.39, 0.29) is 17.3 Å². The maximum atomic E-state index is 12.1. The summed E-state index contributed by atoms with van der Waals surface area (Å²) in [6.07, 6.45) is 1.44. The number of hydrogen-bond donors (Lipinski definition) is 2. The third-order valence-electron chi connectivity index (χ3n) is 2.39. The number of anilines is 1. The van der Waals surface area contributed by atoms with E-state index in [1.807, 2.05) is 6.92 Å². The van der Waals surface area contributed by atoms with E-state index in [1.54, 1.807) is 6.92 Å². The van der Waals surface area contributed by atoms with Gasteiger partial charge in [0.2, 0.25) is 15.9 Å². The highest BCUT2D eigenvalue weighted by atomic mass is 32.2. The van der Waals surface area contributed by atoms with Gasteiger partial charge in [0, 0.05) is 25.7 Å². The first-order chi connectivity index (χ1) is 9.51. The Hall–Kier alpha value is -2.00. The van der Waals surface area contributed by atoms with Gasteiger partial charge in [-0.2, -0.15) is 4.98 Å². The lowest BCUT2D eigenvalue weighted by Gasteiger charge is -2.07. The number of pyridine rings is 1. The molecular weight excluding hydrogens is 282 g/mol. The van der Waals surface area contributed by atoms with Crippen LogP contribution in [0.1, 0.15) is 18.6 Å². The van der Waals surface area contributed by atoms with Crippen molar-refractivity contribution < 1.29 is 12.9 Å². The minimum Gasteiger partial charge on any atom is -0.370 e. The fraction of sp³-hybridized carbons (Fsp3) is 0.364. The minimum atomic E-state index is -3.64. The van der Waals surface area contributed by atoms with Crippen molar-refractivity contribution in [3.63, 3.8) is 0 Å². The number of nitrogens with one attached hydrogen (secondary N) is 2. The molecule has 0 aliphatic rings. The second kappa shape index (κ2) is 5.97. The lowest BCUT2D eigenvalue weighted by molar-refractivity contribution is 0.387. The average molecular weight is 297 g/mol. The Morgan fingerprint density at radius 2 is 2.20 bits per heavy atom. The van der Waals surface area contributed by atoms with Gasteiger partial charge in [-0.05, 0) is 13.0 Å². The van der Waals surface area contributed by atoms with Crippen LogP contribution in [0.15, 0.2) is 27.7 Å². The Morgan fingerprint density at radius 1 is 1.40 bits per heavy atom. The number of aryl methyl sites for hydroxylation is 1. The molecule has 0 bridgehead atoms. The van der Waals surface area contributed by atoms with Gasteiger partial charge in [0.1, 0.15) is 5.82 Å². The van der Waals surface area contributed by atoms with E-state index in [1.165, 1.54) is 18.3 Å². The van der Waals surface area contributed by atoms with Crippen molar-refractivity contribution in [3.8, 4) is 0 Å². The summed E-state index contributed by atoms with van der Waals surface area (Å²) in [6.45, 7) is 4.17. The van der Waals surface area contributed by atoms with Crippen LogP contribution < -0.4 is 10.0 Å². The Kier molecular flexibility index (Phi) is 4.30. The molecule has 2 heterocycles. The number of nitrogens with zero attached hydrogens (tertiary/aromatic N) is 3. The second-order valence-corrected chi connectivity index (χ2v) is 5.73. The maximum Gasteiger partial charge on any atom is 0.241 e. The summed E-state index contributed by atoms with van der Waals surface area (Å²) < 4.78 is 31.4. The van der Waals surface area contributed by atoms with Gasteiger partial charge in [-0.15, -0.1) is 0 Å². The molecular formula is C11H15N5O3S. The first kappa shape index (κ1) is 14.4. The molecule has 0 amide bonds. The first-order valence-corrected chi connectivity index (χ1v) is 7.48. The molecule has 0 spiro atoms. The van der Waals surface area contributed by atoms with Crippen LogP contribution in [0.3, 0.4) is 0 Å². The lowest BCUT2D eigenvalue weighted by atomic mass is 10.4. The average Bonchev–Trinajstić information content (AvgIpc) is 2.83. The van der Waals surface area contributed by atoms with Crippen molar-refractivity contribution >= 4 is 15.8 Å². The van der Waals surface area contributed by atoms with Crippen LogP contribution in [-0.2, 0) is 16.6 Å². The highest BCUT2D eigenvalue weighted by Gasteiger charge is 2.16. The molecule has 0 radical (unpaired) electrons. The molecule has 2 aromatic rings. The Bertz CT molecular complexity index is 683. The van der Waals surface area contributed by atoms with Crippen LogP contribution >= 0.6 is 0 Å². The lowest BCUT2D eigenvalue weighted by Crippen LogP contribution is -2.24. The minimum absolute atomic E-state index is 0.0292. The standard InChI is InChI=1S/C11H15N5O3S/c1-3-12-10-6-9(4-5-13-10)20(17,18)14-7-11-15-8(2)19-16-11/h4-6,14H,3,7H2,1-2H3,(H,12,13). The van der Waals surface area contributed by atoms with Gasteiger partial charge in [-0.3, -0.25) is 0 Å². The molecule has 2 aromatic heterocycles. The normalized spacial score (nSPS) is 11.5. The van der Waals surface area contributed by atoms with Crippen molar-refractivity contribution in [2.45, 2.75) is 25.3 Å². The molecule has 2 N–H and O–H groups in total. The SMILES string of the molecule is CCNc1cc(S(=O)(=O)NCc2noc(C)n2)ccn1. The summed E-state index contributed by atoms with van der Waals surface area (Å²) in [6, 6.07) is 2.89. The Morgan fingerprint density at radius 3 is 2.85 bits per heavy atom. The predicted octanol–water partition coefficient (Wildman–Crippen LogP) is 0.683. The summed E-state index contributed by atoms with van der Waals surface area (Å²) in [4.78, 5) is 8.07. The van der Waals surface area contributed by atoms with Gasteiger partial charge >= 0.3 is 0 Å². The van der Waals surface area contributed by atoms with E-state index < -0.39 is 10.0 Å². The smallest absolute Gasteiger partial charge is 0.241 e. The predicted molar refractivity (Wildman–Crippen MR) is 71.5 cm³/mol. The van der Waals surface area contributed by atoms with Crippen LogP contribution in [0.4, 0.5) is 5.82 Å². The zero-order valence-electron chi connectivity index (χ0n) is 11.1. The van der Waals surface area contributed by atoms with Crippen LogP contribution in [0.25, 0.3) is 0 Å². The summed E-state index contributed by atoms with van der Waals surface area (Å²) in [5, 5.41) is 6.58. The highest BCUT2D eigenvalue weighted by Crippen LogP contribution is 2.12. The Balaban J connectivity index is 2.11. The molecule has 0 aliphatic carbocycles. The summed E-state index contributed by atoms with van der Waals surface area (Å²) in [7, 11) is -3.64. The van der Waals surface area contributed by atoms with Gasteiger partial charge in [0.05, 0.1) is 11.4 Å². The molecule has 0 aromatic carbocycles. The molecule has 2 rings (SSSR count). The maximum absolute atomic E-state index is 12.1. The number of sulfonamides is 1. The van der Waals surface area contributed by atoms with Crippen LogP contribution in [0.2, 0.25) is 0 Å². The number of rotatable bonds is 6. The largest absolute Gasteiger partial charge is 0.370 e. The van der Waals surface area contributed by atoms with E-state index in [9.17, 15) is 8.42 Å². The van der Waals surface area contributed by atoms with Crippen molar-refractivity contribution in [2.24, 2.45) is 0 Å². The fourth-order valence-electron chi connectivity index (χ4n) is 1.51. The third-order valence-corrected chi connectivity index (χ3v) is 3.79. The summed E-state index contributed by atoms with van der Waals surface area (Å²) in [5.41, 5.74) is 0. The third kappa shape index (κ3) is 3.52. The van der Waals surface area contributed by atoms with E-state index in [0.29, 0.717) is 18.3 Å². The van der Waals surface area contributed by atoms with Crippen LogP contribution in [-0.4, -0.2) is 30.1 Å². The molecule has 0 atom stereocenters. The van der Waals surface area contributed by atoms with Crippen molar-refractivity contribution in [2.75, 3.05) is 11.9 Å². The van der Waals surface area contributed by atoms with E-state index in [2.05, 4.69) is 25.2 Å². The van der Waals surface area contributed by atoms with Crippen molar-refractivity contribution in [3.05, 3.63) is 30.0 Å². The van der Waals surface area contributed by atoms with Gasteiger partial charge < -0.3 is 9.84 Å². The molecule has 20 heavy (non-hydrogen) atoms. The summed E-state index contributed by atoms with van der Waals surface area (Å²) >= 11 is 0. The van der Waals surface area contributed by atoms with Crippen LogP contribution in [0.5, 0.6) is 0 Å². The van der Waals surface area contributed by atoms with E-state index >= 15 is 0 Å². The van der Waals surface area contributed by atoms with Gasteiger partial charge in [0.15, 0.2) is 5.82 Å². The topological polar surface area (TPSA) is 110 Å². The Labute approximate surface area is 116 Å². The van der Waals surface area contributed by atoms with E-state index in [0.717, 1.165) is 0 Å².